The number of carbonyl (C=O) groups excluding carboxylic acids is 1. The first kappa shape index (κ1) is 19.8. The summed E-state index contributed by atoms with van der Waals surface area (Å²) in [5, 5.41) is 10.5. The first-order chi connectivity index (χ1) is 13.3. The molecule has 0 bridgehead atoms. The number of rotatable bonds is 7. The highest BCUT2D eigenvalue weighted by atomic mass is 32.2. The van der Waals surface area contributed by atoms with Crippen LogP contribution in [-0.2, 0) is 14.8 Å². The van der Waals surface area contributed by atoms with Crippen LogP contribution in [-0.4, -0.2) is 36.5 Å². The Labute approximate surface area is 164 Å². The normalized spacial score (nSPS) is 11.2. The maximum absolute atomic E-state index is 13.1. The van der Waals surface area contributed by atoms with Gasteiger partial charge in [0.2, 0.25) is 21.8 Å². The molecule has 1 amide bonds. The monoisotopic (exact) mass is 422 g/mol. The van der Waals surface area contributed by atoms with Gasteiger partial charge in [0.15, 0.2) is 0 Å². The van der Waals surface area contributed by atoms with E-state index in [1.165, 1.54) is 18.2 Å². The molecule has 0 unspecified atom stereocenters. The number of carbonyl (C=O) groups is 1. The van der Waals surface area contributed by atoms with E-state index in [0.717, 1.165) is 18.0 Å². The van der Waals surface area contributed by atoms with Crippen molar-refractivity contribution < 1.29 is 22.0 Å². The minimum Gasteiger partial charge on any atom is -0.411 e. The van der Waals surface area contributed by atoms with Gasteiger partial charge in [-0.2, -0.15) is 0 Å². The summed E-state index contributed by atoms with van der Waals surface area (Å²) in [6.45, 7) is 0. The quantitative estimate of drug-likeness (QED) is 0.563. The zero-order valence-corrected chi connectivity index (χ0v) is 16.2. The molecule has 146 valence electrons. The molecule has 0 spiro atoms. The number of thioether (sulfide) groups is 1. The van der Waals surface area contributed by atoms with Gasteiger partial charge in [-0.05, 0) is 42.5 Å². The van der Waals surface area contributed by atoms with Gasteiger partial charge in [0, 0.05) is 16.9 Å². The van der Waals surface area contributed by atoms with E-state index >= 15 is 0 Å². The van der Waals surface area contributed by atoms with Crippen LogP contribution in [0.5, 0.6) is 0 Å². The fourth-order valence-corrected chi connectivity index (χ4v) is 3.30. The summed E-state index contributed by atoms with van der Waals surface area (Å²) in [6.07, 6.45) is 1.06. The maximum atomic E-state index is 13.1. The third kappa shape index (κ3) is 5.79. The summed E-state index contributed by atoms with van der Waals surface area (Å²) in [5.41, 5.74) is 1.37. The Morgan fingerprint density at radius 1 is 1.14 bits per heavy atom. The van der Waals surface area contributed by atoms with Gasteiger partial charge < -0.3 is 9.73 Å². The SMILES string of the molecule is CS(=O)(=O)Nc1ccc(-c2nnc(SCC(=O)Nc3cccc(F)c3)o2)cc1. The number of hydrogen-bond acceptors (Lipinski definition) is 7. The van der Waals surface area contributed by atoms with Crippen molar-refractivity contribution in [2.24, 2.45) is 0 Å². The summed E-state index contributed by atoms with van der Waals surface area (Å²) >= 11 is 1.04. The summed E-state index contributed by atoms with van der Waals surface area (Å²) in [7, 11) is -3.35. The van der Waals surface area contributed by atoms with Crippen LogP contribution in [0.3, 0.4) is 0 Å². The van der Waals surface area contributed by atoms with Crippen molar-refractivity contribution in [2.45, 2.75) is 5.22 Å². The lowest BCUT2D eigenvalue weighted by atomic mass is 10.2. The lowest BCUT2D eigenvalue weighted by Gasteiger charge is -2.04. The Kier molecular flexibility index (Phi) is 5.95. The Morgan fingerprint density at radius 3 is 2.57 bits per heavy atom. The number of benzene rings is 2. The topological polar surface area (TPSA) is 114 Å². The molecule has 11 heteroatoms. The number of halogens is 1. The molecule has 2 aromatic carbocycles. The fraction of sp³-hybridized carbons (Fsp3) is 0.118. The molecule has 0 saturated carbocycles. The molecule has 0 aliphatic carbocycles. The molecule has 0 fully saturated rings. The molecule has 0 aliphatic rings. The van der Waals surface area contributed by atoms with Gasteiger partial charge in [0.05, 0.1) is 12.0 Å². The van der Waals surface area contributed by atoms with Gasteiger partial charge in [0.1, 0.15) is 5.82 Å². The van der Waals surface area contributed by atoms with Crippen molar-refractivity contribution in [1.29, 1.82) is 0 Å². The van der Waals surface area contributed by atoms with Gasteiger partial charge in [-0.25, -0.2) is 12.8 Å². The molecule has 1 heterocycles. The number of nitrogens with one attached hydrogen (secondary N) is 2. The Balaban J connectivity index is 1.57. The zero-order valence-electron chi connectivity index (χ0n) is 14.5. The molecule has 28 heavy (non-hydrogen) atoms. The summed E-state index contributed by atoms with van der Waals surface area (Å²) < 4.78 is 43.4. The van der Waals surface area contributed by atoms with E-state index < -0.39 is 15.8 Å². The smallest absolute Gasteiger partial charge is 0.277 e. The molecular formula is C17H15FN4O4S2. The molecule has 3 rings (SSSR count). The van der Waals surface area contributed by atoms with Crippen molar-refractivity contribution in [3.05, 3.63) is 54.3 Å². The molecule has 0 radical (unpaired) electrons. The number of nitrogens with zero attached hydrogens (tertiary/aromatic N) is 2. The first-order valence-corrected chi connectivity index (χ1v) is 10.8. The minimum absolute atomic E-state index is 0.00929. The molecule has 0 aliphatic heterocycles. The lowest BCUT2D eigenvalue weighted by molar-refractivity contribution is -0.113. The van der Waals surface area contributed by atoms with Gasteiger partial charge in [-0.3, -0.25) is 9.52 Å². The third-order valence-electron chi connectivity index (χ3n) is 3.28. The van der Waals surface area contributed by atoms with Crippen LogP contribution in [0.1, 0.15) is 0 Å². The van der Waals surface area contributed by atoms with Crippen LogP contribution in [0.25, 0.3) is 11.5 Å². The number of aromatic nitrogens is 2. The second-order valence-corrected chi connectivity index (χ2v) is 8.35. The van der Waals surface area contributed by atoms with Crippen LogP contribution >= 0.6 is 11.8 Å². The maximum Gasteiger partial charge on any atom is 0.277 e. The van der Waals surface area contributed by atoms with Gasteiger partial charge in [0.25, 0.3) is 5.22 Å². The Hall–Kier alpha value is -2.92. The van der Waals surface area contributed by atoms with Crippen molar-refractivity contribution in [3.63, 3.8) is 0 Å². The minimum atomic E-state index is -3.35. The predicted molar refractivity (Wildman–Crippen MR) is 104 cm³/mol. The third-order valence-corrected chi connectivity index (χ3v) is 4.70. The molecule has 0 atom stereocenters. The second-order valence-electron chi connectivity index (χ2n) is 5.67. The van der Waals surface area contributed by atoms with E-state index in [2.05, 4.69) is 20.2 Å². The highest BCUT2D eigenvalue weighted by molar-refractivity contribution is 7.99. The van der Waals surface area contributed by atoms with Gasteiger partial charge >= 0.3 is 0 Å². The number of sulfonamides is 1. The molecule has 3 aromatic rings. The van der Waals surface area contributed by atoms with Crippen LogP contribution in [0.15, 0.2) is 58.2 Å². The van der Waals surface area contributed by atoms with Crippen molar-refractivity contribution >= 4 is 39.1 Å². The summed E-state index contributed by atoms with van der Waals surface area (Å²) in [4.78, 5) is 11.9. The van der Waals surface area contributed by atoms with E-state index in [-0.39, 0.29) is 22.8 Å². The van der Waals surface area contributed by atoms with E-state index in [4.69, 9.17) is 4.42 Å². The molecule has 8 nitrogen and oxygen atoms in total. The first-order valence-electron chi connectivity index (χ1n) is 7.88. The van der Waals surface area contributed by atoms with Crippen LogP contribution in [0.2, 0.25) is 0 Å². The highest BCUT2D eigenvalue weighted by Gasteiger charge is 2.12. The van der Waals surface area contributed by atoms with E-state index in [9.17, 15) is 17.6 Å². The largest absolute Gasteiger partial charge is 0.411 e. The van der Waals surface area contributed by atoms with Crippen molar-refractivity contribution in [2.75, 3.05) is 22.0 Å². The Bertz CT molecular complexity index is 1080. The molecule has 1 aromatic heterocycles. The van der Waals surface area contributed by atoms with Gasteiger partial charge in [-0.15, -0.1) is 10.2 Å². The lowest BCUT2D eigenvalue weighted by Crippen LogP contribution is -2.14. The van der Waals surface area contributed by atoms with Gasteiger partial charge in [-0.1, -0.05) is 17.8 Å². The number of anilines is 2. The average Bonchev–Trinajstić information content (AvgIpc) is 3.08. The van der Waals surface area contributed by atoms with E-state index in [1.807, 2.05) is 0 Å². The van der Waals surface area contributed by atoms with Crippen molar-refractivity contribution in [3.8, 4) is 11.5 Å². The molecule has 2 N–H and O–H groups in total. The standard InChI is InChI=1S/C17H15FN4O4S2/c1-28(24,25)22-13-7-5-11(6-8-13)16-20-21-17(26-16)27-10-15(23)19-14-4-2-3-12(18)9-14/h2-9,22H,10H2,1H3,(H,19,23). The molecule has 0 saturated heterocycles. The second kappa shape index (κ2) is 8.40. The highest BCUT2D eigenvalue weighted by Crippen LogP contribution is 2.24. The fourth-order valence-electron chi connectivity index (χ4n) is 2.17. The van der Waals surface area contributed by atoms with Crippen LogP contribution in [0, 0.1) is 5.82 Å². The zero-order chi connectivity index (χ0) is 20.1. The Morgan fingerprint density at radius 2 is 1.89 bits per heavy atom. The van der Waals surface area contributed by atoms with Crippen molar-refractivity contribution in [1.82, 2.24) is 10.2 Å². The van der Waals surface area contributed by atoms with Crippen LogP contribution < -0.4 is 10.0 Å². The average molecular weight is 422 g/mol. The van der Waals surface area contributed by atoms with E-state index in [1.54, 1.807) is 30.3 Å². The predicted octanol–water partition coefficient (Wildman–Crippen LogP) is 2.98. The van der Waals surface area contributed by atoms with E-state index in [0.29, 0.717) is 16.9 Å². The number of amides is 1. The number of hydrogen-bond donors (Lipinski definition) is 2. The summed E-state index contributed by atoms with van der Waals surface area (Å²) in [5.74, 6) is -0.537. The summed E-state index contributed by atoms with van der Waals surface area (Å²) in [6, 6.07) is 12.0. The molecular weight excluding hydrogens is 407 g/mol. The van der Waals surface area contributed by atoms with Crippen LogP contribution in [0.4, 0.5) is 15.8 Å².